The van der Waals surface area contributed by atoms with Crippen molar-refractivity contribution in [1.82, 2.24) is 5.48 Å². The number of hydroxylamine groups is 1. The van der Waals surface area contributed by atoms with E-state index in [0.717, 1.165) is 19.1 Å². The highest BCUT2D eigenvalue weighted by Crippen LogP contribution is 2.30. The molecule has 1 amide bonds. The SMILES string of the molecule is CC(CC1CC(c2ccc(C#CC3CC3)c(F)c2)=NO1)(C(=O)NO)S(C)(=O)=O. The quantitative estimate of drug-likeness (QED) is 0.439. The zero-order valence-electron chi connectivity index (χ0n) is 15.5. The molecule has 3 rings (SSSR count). The lowest BCUT2D eigenvalue weighted by Crippen LogP contribution is -2.51. The number of hydrogen-bond donors (Lipinski definition) is 2. The van der Waals surface area contributed by atoms with Crippen LogP contribution in [0.1, 0.15) is 43.7 Å². The minimum atomic E-state index is -3.84. The van der Waals surface area contributed by atoms with Crippen molar-refractivity contribution in [1.29, 1.82) is 0 Å². The summed E-state index contributed by atoms with van der Waals surface area (Å²) in [6, 6.07) is 4.58. The van der Waals surface area contributed by atoms with Gasteiger partial charge in [0.05, 0.1) is 11.3 Å². The zero-order chi connectivity index (χ0) is 20.5. The molecule has 1 aromatic carbocycles. The third kappa shape index (κ3) is 4.18. The molecule has 1 saturated carbocycles. The van der Waals surface area contributed by atoms with Crippen LogP contribution in [0.3, 0.4) is 0 Å². The van der Waals surface area contributed by atoms with Crippen LogP contribution in [0.2, 0.25) is 0 Å². The first-order valence-corrected chi connectivity index (χ1v) is 10.7. The average molecular weight is 408 g/mol. The maximum absolute atomic E-state index is 14.3. The molecule has 2 unspecified atom stereocenters. The highest BCUT2D eigenvalue weighted by atomic mass is 32.2. The van der Waals surface area contributed by atoms with Gasteiger partial charge in [-0.2, -0.15) is 0 Å². The Morgan fingerprint density at radius 2 is 2.18 bits per heavy atom. The first-order chi connectivity index (χ1) is 13.1. The van der Waals surface area contributed by atoms with E-state index in [0.29, 0.717) is 22.8 Å². The van der Waals surface area contributed by atoms with Gasteiger partial charge in [0, 0.05) is 30.6 Å². The number of oxime groups is 1. The Morgan fingerprint density at radius 1 is 1.46 bits per heavy atom. The van der Waals surface area contributed by atoms with Crippen molar-refractivity contribution in [2.75, 3.05) is 6.26 Å². The van der Waals surface area contributed by atoms with Gasteiger partial charge in [-0.15, -0.1) is 0 Å². The Balaban J connectivity index is 1.72. The van der Waals surface area contributed by atoms with Gasteiger partial charge >= 0.3 is 0 Å². The van der Waals surface area contributed by atoms with E-state index in [9.17, 15) is 17.6 Å². The second-order valence-electron chi connectivity index (χ2n) is 7.36. The van der Waals surface area contributed by atoms with Crippen LogP contribution >= 0.6 is 0 Å². The van der Waals surface area contributed by atoms with E-state index in [1.807, 2.05) is 0 Å². The lowest BCUT2D eigenvalue weighted by molar-refractivity contribution is -0.132. The van der Waals surface area contributed by atoms with Crippen LogP contribution < -0.4 is 5.48 Å². The standard InChI is InChI=1S/C19H21FN2O5S/c1-19(18(23)21-24,28(2,25)26)11-15-10-17(22-27-15)14-8-7-13(16(20)9-14)6-5-12-3-4-12/h7-9,12,15,24H,3-4,10-11H2,1-2H3,(H,21,23). The number of nitrogens with zero attached hydrogens (tertiary/aromatic N) is 1. The maximum atomic E-state index is 14.3. The summed E-state index contributed by atoms with van der Waals surface area (Å²) < 4.78 is 36.5. The zero-order valence-corrected chi connectivity index (χ0v) is 16.3. The monoisotopic (exact) mass is 408 g/mol. The molecule has 150 valence electrons. The number of carbonyl (C=O) groups excluding carboxylic acids is 1. The number of carbonyl (C=O) groups is 1. The summed E-state index contributed by atoms with van der Waals surface area (Å²) >= 11 is 0. The molecule has 0 bridgehead atoms. The van der Waals surface area contributed by atoms with Crippen molar-refractivity contribution >= 4 is 21.5 Å². The van der Waals surface area contributed by atoms with Crippen molar-refractivity contribution in [2.24, 2.45) is 11.1 Å². The molecule has 1 aliphatic carbocycles. The van der Waals surface area contributed by atoms with E-state index < -0.39 is 32.4 Å². The highest BCUT2D eigenvalue weighted by Gasteiger charge is 2.47. The van der Waals surface area contributed by atoms with Gasteiger partial charge in [-0.25, -0.2) is 18.3 Å². The summed E-state index contributed by atoms with van der Waals surface area (Å²) in [5, 5.41) is 12.8. The molecule has 1 aliphatic heterocycles. The molecule has 7 nitrogen and oxygen atoms in total. The van der Waals surface area contributed by atoms with Crippen LogP contribution in [-0.4, -0.2) is 42.4 Å². The molecular weight excluding hydrogens is 387 g/mol. The summed E-state index contributed by atoms with van der Waals surface area (Å²) in [7, 11) is -3.84. The topological polar surface area (TPSA) is 105 Å². The molecule has 9 heteroatoms. The number of halogens is 1. The van der Waals surface area contributed by atoms with Gasteiger partial charge in [0.25, 0.3) is 5.91 Å². The first-order valence-electron chi connectivity index (χ1n) is 8.82. The summed E-state index contributed by atoms with van der Waals surface area (Å²) in [5.74, 6) is 4.71. The third-order valence-electron chi connectivity index (χ3n) is 5.04. The summed E-state index contributed by atoms with van der Waals surface area (Å²) in [6.45, 7) is 1.21. The van der Waals surface area contributed by atoms with E-state index in [2.05, 4.69) is 17.0 Å². The maximum Gasteiger partial charge on any atom is 0.264 e. The summed E-state index contributed by atoms with van der Waals surface area (Å²) in [6.07, 6.45) is 2.32. The highest BCUT2D eigenvalue weighted by molar-refractivity contribution is 7.92. The fourth-order valence-corrected chi connectivity index (χ4v) is 3.75. The lowest BCUT2D eigenvalue weighted by atomic mass is 9.96. The van der Waals surface area contributed by atoms with Gasteiger partial charge in [0.2, 0.25) is 0 Å². The molecule has 2 atom stereocenters. The van der Waals surface area contributed by atoms with Crippen LogP contribution in [0.5, 0.6) is 0 Å². The second-order valence-corrected chi connectivity index (χ2v) is 9.80. The molecule has 0 aromatic heterocycles. The molecule has 1 aromatic rings. The molecule has 0 saturated heterocycles. The Kier molecular flexibility index (Phi) is 5.46. The van der Waals surface area contributed by atoms with Crippen LogP contribution in [0.25, 0.3) is 0 Å². The van der Waals surface area contributed by atoms with Gasteiger partial charge in [-0.05, 0) is 31.9 Å². The number of amides is 1. The van der Waals surface area contributed by atoms with Crippen LogP contribution in [0.15, 0.2) is 23.4 Å². The van der Waals surface area contributed by atoms with E-state index in [1.165, 1.54) is 18.5 Å². The average Bonchev–Trinajstić information content (AvgIpc) is 3.35. The van der Waals surface area contributed by atoms with E-state index in [1.54, 1.807) is 12.1 Å². The molecule has 1 fully saturated rings. The number of nitrogens with one attached hydrogen (secondary N) is 1. The lowest BCUT2D eigenvalue weighted by Gasteiger charge is -2.26. The van der Waals surface area contributed by atoms with Crippen molar-refractivity contribution in [3.63, 3.8) is 0 Å². The fourth-order valence-electron chi connectivity index (χ4n) is 2.88. The molecule has 0 spiro atoms. The van der Waals surface area contributed by atoms with Gasteiger partial charge in [0.1, 0.15) is 11.9 Å². The Morgan fingerprint density at radius 3 is 2.75 bits per heavy atom. The van der Waals surface area contributed by atoms with Gasteiger partial charge < -0.3 is 4.84 Å². The van der Waals surface area contributed by atoms with Crippen LogP contribution in [0.4, 0.5) is 4.39 Å². The van der Waals surface area contributed by atoms with Gasteiger partial charge in [-0.3, -0.25) is 10.0 Å². The normalized spacial score (nSPS) is 21.0. The minimum Gasteiger partial charge on any atom is -0.392 e. The van der Waals surface area contributed by atoms with Crippen molar-refractivity contribution in [3.8, 4) is 11.8 Å². The van der Waals surface area contributed by atoms with E-state index >= 15 is 0 Å². The fraction of sp³-hybridized carbons (Fsp3) is 0.474. The number of sulfone groups is 1. The number of benzene rings is 1. The Hall–Kier alpha value is -2.44. The predicted molar refractivity (Wildman–Crippen MR) is 99.8 cm³/mol. The summed E-state index contributed by atoms with van der Waals surface area (Å²) in [4.78, 5) is 17.2. The van der Waals surface area contributed by atoms with E-state index in [4.69, 9.17) is 10.0 Å². The first kappa shape index (κ1) is 20.3. The Labute approximate surface area is 162 Å². The second kappa shape index (κ2) is 7.53. The molecule has 0 radical (unpaired) electrons. The van der Waals surface area contributed by atoms with E-state index in [-0.39, 0.29) is 12.8 Å². The van der Waals surface area contributed by atoms with Crippen molar-refractivity contribution in [2.45, 2.75) is 43.5 Å². The van der Waals surface area contributed by atoms with Crippen LogP contribution in [0, 0.1) is 23.6 Å². The smallest absolute Gasteiger partial charge is 0.264 e. The van der Waals surface area contributed by atoms with Crippen LogP contribution in [-0.2, 0) is 19.5 Å². The third-order valence-corrected chi connectivity index (χ3v) is 7.03. The molecule has 1 heterocycles. The minimum absolute atomic E-state index is 0.205. The summed E-state index contributed by atoms with van der Waals surface area (Å²) in [5.41, 5.74) is 2.66. The Bertz CT molecular complexity index is 991. The van der Waals surface area contributed by atoms with Crippen molar-refractivity contribution in [3.05, 3.63) is 35.1 Å². The molecule has 28 heavy (non-hydrogen) atoms. The predicted octanol–water partition coefficient (Wildman–Crippen LogP) is 1.78. The van der Waals surface area contributed by atoms with Gasteiger partial charge in [-0.1, -0.05) is 23.1 Å². The number of rotatable bonds is 5. The van der Waals surface area contributed by atoms with Gasteiger partial charge in [0.15, 0.2) is 14.6 Å². The molecular formula is C19H21FN2O5S. The number of hydrogen-bond acceptors (Lipinski definition) is 6. The largest absolute Gasteiger partial charge is 0.392 e. The molecule has 2 aliphatic rings. The molecule has 2 N–H and O–H groups in total. The van der Waals surface area contributed by atoms with Crippen molar-refractivity contribution < 1.29 is 27.6 Å².